The van der Waals surface area contributed by atoms with E-state index in [1.807, 2.05) is 0 Å². The molecule has 0 amide bonds. The van der Waals surface area contributed by atoms with E-state index in [0.29, 0.717) is 0 Å². The molecule has 0 aliphatic heterocycles. The summed E-state index contributed by atoms with van der Waals surface area (Å²) in [6.45, 7) is 0. The molecule has 0 saturated heterocycles. The second kappa shape index (κ2) is 2.72. The van der Waals surface area contributed by atoms with Crippen LogP contribution in [0.5, 0.6) is 0 Å². The first-order valence-corrected chi connectivity index (χ1v) is 4.61. The van der Waals surface area contributed by atoms with Crippen LogP contribution >= 0.6 is 0 Å². The summed E-state index contributed by atoms with van der Waals surface area (Å²) in [5, 5.41) is -0.191. The molecule has 0 spiro atoms. The fourth-order valence-corrected chi connectivity index (χ4v) is 2.04. The lowest BCUT2D eigenvalue weighted by Crippen LogP contribution is -2.05. The maximum absolute atomic E-state index is 13.4. The third kappa shape index (κ3) is 0.888. The van der Waals surface area contributed by atoms with Crippen LogP contribution in [0, 0.1) is 11.6 Å². The predicted molar refractivity (Wildman–Crippen MR) is 52.5 cm³/mol. The average molecular weight is 218 g/mol. The third-order valence-corrected chi connectivity index (χ3v) is 2.75. The molecule has 0 N–H and O–H groups in total. The molecule has 1 aliphatic rings. The SMILES string of the molecule is O=C1C(=O)c2ccc(F)c3c(F)ccc1c23. The number of Topliss-reactive ketones (excluding diaryl/α,β-unsaturated/α-hetero) is 2. The van der Waals surface area contributed by atoms with Crippen LogP contribution in [0.2, 0.25) is 0 Å². The number of hydrogen-bond donors (Lipinski definition) is 0. The van der Waals surface area contributed by atoms with Gasteiger partial charge in [0.1, 0.15) is 11.6 Å². The van der Waals surface area contributed by atoms with E-state index in [1.54, 1.807) is 0 Å². The minimum atomic E-state index is -0.763. The van der Waals surface area contributed by atoms with E-state index in [-0.39, 0.29) is 21.9 Å². The molecule has 2 aromatic carbocycles. The summed E-state index contributed by atoms with van der Waals surface area (Å²) >= 11 is 0. The molecule has 0 heterocycles. The maximum Gasteiger partial charge on any atom is 0.234 e. The van der Waals surface area contributed by atoms with Gasteiger partial charge >= 0.3 is 0 Å². The minimum absolute atomic E-state index is 0.0795. The first kappa shape index (κ1) is 9.15. The largest absolute Gasteiger partial charge is 0.285 e. The standard InChI is InChI=1S/C12H4F2O2/c13-7-3-1-5-9-6(12(16)11(5)15)2-4-8(14)10(7)9/h1-4H. The molecule has 0 bridgehead atoms. The number of benzene rings is 2. The van der Waals surface area contributed by atoms with Crippen molar-refractivity contribution in [3.8, 4) is 0 Å². The fraction of sp³-hybridized carbons (Fsp3) is 0. The van der Waals surface area contributed by atoms with Gasteiger partial charge in [0, 0.05) is 16.5 Å². The highest BCUT2D eigenvalue weighted by Crippen LogP contribution is 2.33. The van der Waals surface area contributed by atoms with Gasteiger partial charge in [-0.1, -0.05) is 0 Å². The highest BCUT2D eigenvalue weighted by molar-refractivity contribution is 6.57. The van der Waals surface area contributed by atoms with Gasteiger partial charge in [0.15, 0.2) is 0 Å². The zero-order chi connectivity index (χ0) is 11.4. The predicted octanol–water partition coefficient (Wildman–Crippen LogP) is 2.50. The second-order valence-corrected chi connectivity index (χ2v) is 3.60. The Kier molecular flexibility index (Phi) is 1.56. The highest BCUT2D eigenvalue weighted by atomic mass is 19.1. The van der Waals surface area contributed by atoms with E-state index in [2.05, 4.69) is 0 Å². The van der Waals surface area contributed by atoms with E-state index >= 15 is 0 Å². The average Bonchev–Trinajstić information content (AvgIpc) is 2.50. The molecule has 78 valence electrons. The van der Waals surface area contributed by atoms with Crippen LogP contribution in [0.4, 0.5) is 8.78 Å². The first-order valence-electron chi connectivity index (χ1n) is 4.61. The van der Waals surface area contributed by atoms with Gasteiger partial charge in [-0.3, -0.25) is 9.59 Å². The van der Waals surface area contributed by atoms with E-state index in [4.69, 9.17) is 0 Å². The Bertz CT molecular complexity index is 620. The Labute approximate surface area is 88.5 Å². The quantitative estimate of drug-likeness (QED) is 0.636. The van der Waals surface area contributed by atoms with E-state index in [0.717, 1.165) is 12.1 Å². The number of rotatable bonds is 0. The number of ketones is 2. The van der Waals surface area contributed by atoms with Gasteiger partial charge in [-0.05, 0) is 24.3 Å². The normalized spacial score (nSPS) is 13.9. The second-order valence-electron chi connectivity index (χ2n) is 3.60. The fourth-order valence-electron chi connectivity index (χ4n) is 2.04. The highest BCUT2D eigenvalue weighted by Gasteiger charge is 2.32. The molecule has 1 aliphatic carbocycles. The van der Waals surface area contributed by atoms with E-state index in [1.165, 1.54) is 12.1 Å². The molecule has 4 heteroatoms. The summed E-state index contributed by atoms with van der Waals surface area (Å²) < 4.78 is 26.9. The maximum atomic E-state index is 13.4. The minimum Gasteiger partial charge on any atom is -0.285 e. The van der Waals surface area contributed by atoms with Gasteiger partial charge in [0.2, 0.25) is 11.6 Å². The van der Waals surface area contributed by atoms with Crippen molar-refractivity contribution in [1.29, 1.82) is 0 Å². The van der Waals surface area contributed by atoms with Crippen molar-refractivity contribution in [3.63, 3.8) is 0 Å². The van der Waals surface area contributed by atoms with Gasteiger partial charge in [0.25, 0.3) is 0 Å². The molecule has 0 saturated carbocycles. The van der Waals surface area contributed by atoms with Crippen LogP contribution in [0.1, 0.15) is 20.7 Å². The monoisotopic (exact) mass is 218 g/mol. The Hall–Kier alpha value is -2.10. The lowest BCUT2D eigenvalue weighted by atomic mass is 10.0. The molecule has 2 nitrogen and oxygen atoms in total. The van der Waals surface area contributed by atoms with Crippen LogP contribution in [-0.2, 0) is 0 Å². The molecule has 0 aromatic heterocycles. The molecular weight excluding hydrogens is 214 g/mol. The zero-order valence-corrected chi connectivity index (χ0v) is 7.88. The third-order valence-electron chi connectivity index (χ3n) is 2.75. The van der Waals surface area contributed by atoms with Gasteiger partial charge < -0.3 is 0 Å². The summed E-state index contributed by atoms with van der Waals surface area (Å²) in [5.41, 5.74) is 0.159. The van der Waals surface area contributed by atoms with Crippen molar-refractivity contribution < 1.29 is 18.4 Å². The zero-order valence-electron chi connectivity index (χ0n) is 7.88. The lowest BCUT2D eigenvalue weighted by molar-refractivity contribution is 0.0825. The van der Waals surface area contributed by atoms with Gasteiger partial charge in [-0.25, -0.2) is 8.78 Å². The van der Waals surface area contributed by atoms with E-state index < -0.39 is 23.2 Å². The summed E-state index contributed by atoms with van der Waals surface area (Å²) in [7, 11) is 0. The smallest absolute Gasteiger partial charge is 0.234 e. The molecule has 2 aromatic rings. The lowest BCUT2D eigenvalue weighted by Gasteiger charge is -2.02. The number of halogens is 2. The molecule has 3 rings (SSSR count). The Morgan fingerprint density at radius 2 is 1.12 bits per heavy atom. The summed E-state index contributed by atoms with van der Waals surface area (Å²) in [4.78, 5) is 23.0. The first-order chi connectivity index (χ1) is 7.61. The van der Waals surface area contributed by atoms with Crippen molar-refractivity contribution in [1.82, 2.24) is 0 Å². The van der Waals surface area contributed by atoms with Crippen LogP contribution in [0.3, 0.4) is 0 Å². The molecule has 0 radical (unpaired) electrons. The van der Waals surface area contributed by atoms with Gasteiger partial charge in [-0.15, -0.1) is 0 Å². The van der Waals surface area contributed by atoms with E-state index in [9.17, 15) is 18.4 Å². The van der Waals surface area contributed by atoms with Crippen LogP contribution in [-0.4, -0.2) is 11.6 Å². The molecule has 0 unspecified atom stereocenters. The van der Waals surface area contributed by atoms with Crippen LogP contribution < -0.4 is 0 Å². The summed E-state index contributed by atoms with van der Waals surface area (Å²) in [5.74, 6) is -2.93. The summed E-state index contributed by atoms with van der Waals surface area (Å²) in [6.07, 6.45) is 0. The Morgan fingerprint density at radius 3 is 1.56 bits per heavy atom. The number of hydrogen-bond acceptors (Lipinski definition) is 2. The Morgan fingerprint density at radius 1 is 0.688 bits per heavy atom. The van der Waals surface area contributed by atoms with Crippen LogP contribution in [0.25, 0.3) is 10.8 Å². The number of carbonyl (C=O) groups excluding carboxylic acids is 2. The molecule has 0 fully saturated rings. The van der Waals surface area contributed by atoms with Crippen molar-refractivity contribution in [2.75, 3.05) is 0 Å². The van der Waals surface area contributed by atoms with Crippen molar-refractivity contribution in [2.45, 2.75) is 0 Å². The van der Waals surface area contributed by atoms with Crippen LogP contribution in [0.15, 0.2) is 24.3 Å². The summed E-state index contributed by atoms with van der Waals surface area (Å²) in [6, 6.07) is 4.43. The molecule has 16 heavy (non-hydrogen) atoms. The van der Waals surface area contributed by atoms with Crippen molar-refractivity contribution >= 4 is 22.3 Å². The van der Waals surface area contributed by atoms with Crippen molar-refractivity contribution in [3.05, 3.63) is 47.0 Å². The Balaban J connectivity index is 2.64. The van der Waals surface area contributed by atoms with Gasteiger partial charge in [0.05, 0.1) is 5.39 Å². The van der Waals surface area contributed by atoms with Gasteiger partial charge in [-0.2, -0.15) is 0 Å². The topological polar surface area (TPSA) is 34.1 Å². The molecule has 0 atom stereocenters. The molecular formula is C12H4F2O2. The number of carbonyl (C=O) groups is 2. The van der Waals surface area contributed by atoms with Crippen molar-refractivity contribution in [2.24, 2.45) is 0 Å².